The van der Waals surface area contributed by atoms with Crippen molar-refractivity contribution in [3.05, 3.63) is 33.4 Å². The Balaban J connectivity index is 1.95. The van der Waals surface area contributed by atoms with E-state index in [1.54, 1.807) is 4.90 Å². The molecule has 1 saturated heterocycles. The van der Waals surface area contributed by atoms with Gasteiger partial charge in [-0.1, -0.05) is 12.1 Å². The Labute approximate surface area is 120 Å². The van der Waals surface area contributed by atoms with Gasteiger partial charge in [0.1, 0.15) is 0 Å². The summed E-state index contributed by atoms with van der Waals surface area (Å²) >= 11 is 2.22. The summed E-state index contributed by atoms with van der Waals surface area (Å²) < 4.78 is 23.7. The Morgan fingerprint density at radius 3 is 2.28 bits per heavy atom. The molecule has 1 aromatic carbocycles. The molecular formula is C12H14INO3S. The van der Waals surface area contributed by atoms with Gasteiger partial charge in [-0.15, -0.1) is 0 Å². The maximum absolute atomic E-state index is 12.0. The summed E-state index contributed by atoms with van der Waals surface area (Å²) in [4.78, 5) is 13.6. The third kappa shape index (κ3) is 3.68. The zero-order valence-electron chi connectivity index (χ0n) is 9.80. The number of hydrogen-bond donors (Lipinski definition) is 0. The predicted octanol–water partition coefficient (Wildman–Crippen LogP) is 1.09. The fraction of sp³-hybridized carbons (Fsp3) is 0.417. The van der Waals surface area contributed by atoms with Gasteiger partial charge in [0.15, 0.2) is 9.84 Å². The maximum atomic E-state index is 12.0. The van der Waals surface area contributed by atoms with E-state index >= 15 is 0 Å². The number of rotatable bonds is 2. The van der Waals surface area contributed by atoms with Crippen LogP contribution in [0.5, 0.6) is 0 Å². The zero-order chi connectivity index (χ0) is 13.2. The van der Waals surface area contributed by atoms with E-state index < -0.39 is 9.84 Å². The van der Waals surface area contributed by atoms with Crippen LogP contribution in [0.25, 0.3) is 0 Å². The number of carbonyl (C=O) groups is 1. The van der Waals surface area contributed by atoms with Crippen molar-refractivity contribution in [3.8, 4) is 0 Å². The van der Waals surface area contributed by atoms with Gasteiger partial charge < -0.3 is 4.90 Å². The van der Waals surface area contributed by atoms with Crippen LogP contribution in [0, 0.1) is 3.57 Å². The molecule has 0 radical (unpaired) electrons. The van der Waals surface area contributed by atoms with Crippen LogP contribution in [-0.4, -0.2) is 43.8 Å². The van der Waals surface area contributed by atoms with Crippen LogP contribution in [0.3, 0.4) is 0 Å². The van der Waals surface area contributed by atoms with Gasteiger partial charge in [0, 0.05) is 16.7 Å². The highest BCUT2D eigenvalue weighted by Crippen LogP contribution is 2.10. The number of sulfone groups is 1. The number of hydrogen-bond acceptors (Lipinski definition) is 3. The summed E-state index contributed by atoms with van der Waals surface area (Å²) in [7, 11) is -2.92. The Bertz CT molecular complexity index is 525. The second-order valence-electron chi connectivity index (χ2n) is 4.34. The largest absolute Gasteiger partial charge is 0.340 e. The van der Waals surface area contributed by atoms with Crippen LogP contribution < -0.4 is 0 Å². The first-order chi connectivity index (χ1) is 8.46. The number of carbonyl (C=O) groups excluding carboxylic acids is 1. The molecule has 18 heavy (non-hydrogen) atoms. The molecule has 1 aromatic rings. The molecule has 1 heterocycles. The Morgan fingerprint density at radius 1 is 1.17 bits per heavy atom. The minimum Gasteiger partial charge on any atom is -0.340 e. The van der Waals surface area contributed by atoms with E-state index in [1.807, 2.05) is 24.3 Å². The van der Waals surface area contributed by atoms with Crippen molar-refractivity contribution < 1.29 is 13.2 Å². The summed E-state index contributed by atoms with van der Waals surface area (Å²) in [6.45, 7) is 0.650. The van der Waals surface area contributed by atoms with E-state index in [4.69, 9.17) is 0 Å². The van der Waals surface area contributed by atoms with E-state index in [9.17, 15) is 13.2 Å². The Kier molecular flexibility index (Phi) is 4.26. The molecule has 0 spiro atoms. The zero-order valence-corrected chi connectivity index (χ0v) is 12.8. The average Bonchev–Trinajstić information content (AvgIpc) is 2.32. The Hall–Kier alpha value is -0.630. The fourth-order valence-corrected chi connectivity index (χ4v) is 3.41. The lowest BCUT2D eigenvalue weighted by molar-refractivity contribution is -0.130. The molecule has 1 fully saturated rings. The molecule has 1 aliphatic heterocycles. The normalized spacial score (nSPS) is 18.6. The second-order valence-corrected chi connectivity index (χ2v) is 7.89. The van der Waals surface area contributed by atoms with Crippen LogP contribution in [0.15, 0.2) is 24.3 Å². The summed E-state index contributed by atoms with van der Waals surface area (Å²) in [5.74, 6) is 0.183. The molecule has 4 nitrogen and oxygen atoms in total. The van der Waals surface area contributed by atoms with Crippen molar-refractivity contribution in [1.82, 2.24) is 4.90 Å². The van der Waals surface area contributed by atoms with Crippen LogP contribution in [0.1, 0.15) is 5.56 Å². The van der Waals surface area contributed by atoms with Gasteiger partial charge in [-0.25, -0.2) is 8.42 Å². The quantitative estimate of drug-likeness (QED) is 0.723. The third-order valence-electron chi connectivity index (χ3n) is 2.97. The first kappa shape index (κ1) is 13.8. The molecule has 0 aliphatic carbocycles. The lowest BCUT2D eigenvalue weighted by atomic mass is 10.1. The van der Waals surface area contributed by atoms with Crippen molar-refractivity contribution in [2.45, 2.75) is 6.42 Å². The molecule has 0 bridgehead atoms. The van der Waals surface area contributed by atoms with Crippen LogP contribution in [0.4, 0.5) is 0 Å². The SMILES string of the molecule is O=C(Cc1ccc(I)cc1)N1CCS(=O)(=O)CC1. The summed E-state index contributed by atoms with van der Waals surface area (Å²) in [5, 5.41) is 0. The lowest BCUT2D eigenvalue weighted by Gasteiger charge is -2.26. The second kappa shape index (κ2) is 5.56. The molecule has 0 aromatic heterocycles. The van der Waals surface area contributed by atoms with Gasteiger partial charge >= 0.3 is 0 Å². The van der Waals surface area contributed by atoms with Gasteiger partial charge in [0.25, 0.3) is 0 Å². The average molecular weight is 379 g/mol. The molecule has 2 rings (SSSR count). The van der Waals surface area contributed by atoms with E-state index in [2.05, 4.69) is 22.6 Å². The van der Waals surface area contributed by atoms with Gasteiger partial charge in [-0.2, -0.15) is 0 Å². The number of nitrogens with zero attached hydrogens (tertiary/aromatic N) is 1. The number of benzene rings is 1. The van der Waals surface area contributed by atoms with Crippen molar-refractivity contribution >= 4 is 38.3 Å². The van der Waals surface area contributed by atoms with Crippen molar-refractivity contribution in [3.63, 3.8) is 0 Å². The number of halogens is 1. The molecule has 0 atom stereocenters. The Morgan fingerprint density at radius 2 is 1.72 bits per heavy atom. The highest BCUT2D eigenvalue weighted by atomic mass is 127. The van der Waals surface area contributed by atoms with Gasteiger partial charge in [-0.3, -0.25) is 4.79 Å². The smallest absolute Gasteiger partial charge is 0.227 e. The maximum Gasteiger partial charge on any atom is 0.227 e. The molecular weight excluding hydrogens is 365 g/mol. The minimum atomic E-state index is -2.92. The van der Waals surface area contributed by atoms with E-state index in [0.717, 1.165) is 9.13 Å². The third-order valence-corrected chi connectivity index (χ3v) is 5.29. The molecule has 0 N–H and O–H groups in total. The summed E-state index contributed by atoms with van der Waals surface area (Å²) in [6.07, 6.45) is 0.344. The molecule has 0 saturated carbocycles. The summed E-state index contributed by atoms with van der Waals surface area (Å²) in [5.41, 5.74) is 0.967. The standard InChI is InChI=1S/C12H14INO3S/c13-11-3-1-10(2-4-11)9-12(15)14-5-7-18(16,17)8-6-14/h1-4H,5-9H2. The van der Waals surface area contributed by atoms with Gasteiger partial charge in [0.05, 0.1) is 17.9 Å². The molecule has 1 amide bonds. The van der Waals surface area contributed by atoms with E-state index in [1.165, 1.54) is 0 Å². The molecule has 6 heteroatoms. The highest BCUT2D eigenvalue weighted by molar-refractivity contribution is 14.1. The van der Waals surface area contributed by atoms with E-state index in [0.29, 0.717) is 19.5 Å². The van der Waals surface area contributed by atoms with Crippen molar-refractivity contribution in [2.75, 3.05) is 24.6 Å². The van der Waals surface area contributed by atoms with Crippen molar-refractivity contribution in [1.29, 1.82) is 0 Å². The minimum absolute atomic E-state index is 0.00566. The monoisotopic (exact) mass is 379 g/mol. The fourth-order valence-electron chi connectivity index (χ4n) is 1.85. The molecule has 1 aliphatic rings. The molecule has 0 unspecified atom stereocenters. The van der Waals surface area contributed by atoms with Crippen LogP contribution in [0.2, 0.25) is 0 Å². The van der Waals surface area contributed by atoms with Crippen molar-refractivity contribution in [2.24, 2.45) is 0 Å². The first-order valence-corrected chi connectivity index (χ1v) is 8.59. The lowest BCUT2D eigenvalue weighted by Crippen LogP contribution is -2.44. The highest BCUT2D eigenvalue weighted by Gasteiger charge is 2.24. The first-order valence-electron chi connectivity index (χ1n) is 5.69. The van der Waals surface area contributed by atoms with Crippen LogP contribution in [-0.2, 0) is 21.1 Å². The topological polar surface area (TPSA) is 54.5 Å². The number of amides is 1. The van der Waals surface area contributed by atoms with Gasteiger partial charge in [0.2, 0.25) is 5.91 Å². The van der Waals surface area contributed by atoms with Crippen LogP contribution >= 0.6 is 22.6 Å². The predicted molar refractivity (Wildman–Crippen MR) is 78.1 cm³/mol. The molecule has 98 valence electrons. The summed E-state index contributed by atoms with van der Waals surface area (Å²) in [6, 6.07) is 7.79. The van der Waals surface area contributed by atoms with Gasteiger partial charge in [-0.05, 0) is 40.3 Å². The van der Waals surface area contributed by atoms with E-state index in [-0.39, 0.29) is 17.4 Å².